The molecule has 0 saturated carbocycles. The number of rotatable bonds is 3. The highest BCUT2D eigenvalue weighted by Crippen LogP contribution is 2.21. The second-order valence-electron chi connectivity index (χ2n) is 2.90. The molecule has 0 aromatic heterocycles. The summed E-state index contributed by atoms with van der Waals surface area (Å²) in [5.41, 5.74) is 6.50. The third-order valence-electron chi connectivity index (χ3n) is 1.76. The monoisotopic (exact) mass is 258 g/mol. The molecule has 3 N–H and O–H groups in total. The summed E-state index contributed by atoms with van der Waals surface area (Å²) in [6.07, 6.45) is -0.567. The number of ether oxygens (including phenoxy) is 1. The zero-order valence-corrected chi connectivity index (χ0v) is 10.2. The van der Waals surface area contributed by atoms with Crippen LogP contribution in [0.4, 0.5) is 10.5 Å². The lowest BCUT2D eigenvalue weighted by Crippen LogP contribution is -2.18. The Bertz CT molecular complexity index is 423. The molecule has 0 aliphatic rings. The molecule has 1 aromatic carbocycles. The molecule has 0 saturated heterocycles. The van der Waals surface area contributed by atoms with Crippen molar-refractivity contribution in [2.45, 2.75) is 6.92 Å². The van der Waals surface area contributed by atoms with Crippen LogP contribution in [0.5, 0.6) is 0 Å². The number of hydrogen-bond acceptors (Lipinski definition) is 3. The van der Waals surface area contributed by atoms with Gasteiger partial charge in [-0.3, -0.25) is 5.32 Å². The van der Waals surface area contributed by atoms with Crippen molar-refractivity contribution in [2.75, 3.05) is 11.9 Å². The standard InChI is InChI=1S/C10H11ClN2O2S/c1-2-15-10(14)13-8-5-6(11)3-4-7(8)9(12)16/h3-5H,2H2,1H3,(H2,12,16)(H,13,14). The van der Waals surface area contributed by atoms with Gasteiger partial charge in [-0.05, 0) is 25.1 Å². The molecule has 1 rings (SSSR count). The fourth-order valence-corrected chi connectivity index (χ4v) is 1.46. The first-order chi connectivity index (χ1) is 7.54. The molecule has 16 heavy (non-hydrogen) atoms. The van der Waals surface area contributed by atoms with Crippen molar-refractivity contribution in [3.05, 3.63) is 28.8 Å². The lowest BCUT2D eigenvalue weighted by Gasteiger charge is -2.10. The zero-order valence-electron chi connectivity index (χ0n) is 8.62. The highest BCUT2D eigenvalue weighted by molar-refractivity contribution is 7.80. The Hall–Kier alpha value is -1.33. The maximum Gasteiger partial charge on any atom is 0.411 e. The van der Waals surface area contributed by atoms with Gasteiger partial charge in [-0.1, -0.05) is 23.8 Å². The molecular formula is C10H11ClN2O2S. The van der Waals surface area contributed by atoms with Crippen LogP contribution in [-0.4, -0.2) is 17.7 Å². The van der Waals surface area contributed by atoms with E-state index in [1.807, 2.05) is 0 Å². The Morgan fingerprint density at radius 1 is 1.62 bits per heavy atom. The average Bonchev–Trinajstić information content (AvgIpc) is 2.17. The first-order valence-corrected chi connectivity index (χ1v) is 5.36. The fourth-order valence-electron chi connectivity index (χ4n) is 1.11. The molecule has 0 heterocycles. The van der Waals surface area contributed by atoms with Gasteiger partial charge in [0.1, 0.15) is 4.99 Å². The van der Waals surface area contributed by atoms with E-state index in [1.165, 1.54) is 0 Å². The molecule has 1 amide bonds. The molecule has 6 heteroatoms. The Balaban J connectivity index is 2.96. The van der Waals surface area contributed by atoms with E-state index in [9.17, 15) is 4.79 Å². The van der Waals surface area contributed by atoms with Gasteiger partial charge in [-0.2, -0.15) is 0 Å². The summed E-state index contributed by atoms with van der Waals surface area (Å²) in [5.74, 6) is 0. The number of nitrogens with two attached hydrogens (primary N) is 1. The third kappa shape index (κ3) is 3.36. The Kier molecular flexibility index (Phi) is 4.52. The molecule has 0 unspecified atom stereocenters. The van der Waals surface area contributed by atoms with E-state index in [4.69, 9.17) is 34.3 Å². The van der Waals surface area contributed by atoms with Gasteiger partial charge in [0.05, 0.1) is 12.3 Å². The lowest BCUT2D eigenvalue weighted by molar-refractivity contribution is 0.168. The minimum absolute atomic E-state index is 0.184. The largest absolute Gasteiger partial charge is 0.450 e. The normalized spacial score (nSPS) is 9.62. The van der Waals surface area contributed by atoms with E-state index in [0.29, 0.717) is 16.3 Å². The lowest BCUT2D eigenvalue weighted by atomic mass is 10.2. The van der Waals surface area contributed by atoms with Crippen LogP contribution in [0.15, 0.2) is 18.2 Å². The number of carbonyl (C=O) groups excluding carboxylic acids is 1. The molecule has 0 radical (unpaired) electrons. The molecule has 0 aliphatic carbocycles. The Morgan fingerprint density at radius 2 is 2.31 bits per heavy atom. The quantitative estimate of drug-likeness (QED) is 0.818. The summed E-state index contributed by atoms with van der Waals surface area (Å²) in [4.78, 5) is 11.4. The molecular weight excluding hydrogens is 248 g/mol. The summed E-state index contributed by atoms with van der Waals surface area (Å²) in [7, 11) is 0. The van der Waals surface area contributed by atoms with Crippen molar-refractivity contribution in [3.63, 3.8) is 0 Å². The number of carbonyl (C=O) groups is 1. The number of nitrogens with one attached hydrogen (secondary N) is 1. The molecule has 4 nitrogen and oxygen atoms in total. The van der Waals surface area contributed by atoms with Gasteiger partial charge in [0.2, 0.25) is 0 Å². The van der Waals surface area contributed by atoms with Crippen LogP contribution < -0.4 is 11.1 Å². The average molecular weight is 259 g/mol. The van der Waals surface area contributed by atoms with E-state index in [0.717, 1.165) is 0 Å². The molecule has 0 fully saturated rings. The van der Waals surface area contributed by atoms with Gasteiger partial charge in [-0.25, -0.2) is 4.79 Å². The van der Waals surface area contributed by atoms with Crippen molar-refractivity contribution < 1.29 is 9.53 Å². The van der Waals surface area contributed by atoms with Gasteiger partial charge in [0, 0.05) is 10.6 Å². The number of anilines is 1. The van der Waals surface area contributed by atoms with Crippen molar-refractivity contribution in [2.24, 2.45) is 5.73 Å². The summed E-state index contributed by atoms with van der Waals surface area (Å²) < 4.78 is 4.74. The molecule has 0 atom stereocenters. The maximum atomic E-state index is 11.2. The predicted molar refractivity (Wildman–Crippen MR) is 68.0 cm³/mol. The number of halogens is 1. The minimum atomic E-state index is -0.567. The van der Waals surface area contributed by atoms with Gasteiger partial charge < -0.3 is 10.5 Å². The number of hydrogen-bond donors (Lipinski definition) is 2. The second-order valence-corrected chi connectivity index (χ2v) is 3.78. The van der Waals surface area contributed by atoms with Crippen LogP contribution in [0.1, 0.15) is 12.5 Å². The summed E-state index contributed by atoms with van der Waals surface area (Å²) >= 11 is 10.7. The van der Waals surface area contributed by atoms with Crippen LogP contribution >= 0.6 is 23.8 Å². The van der Waals surface area contributed by atoms with Crippen LogP contribution in [0.2, 0.25) is 5.02 Å². The van der Waals surface area contributed by atoms with Gasteiger partial charge in [0.15, 0.2) is 0 Å². The van der Waals surface area contributed by atoms with E-state index in [1.54, 1.807) is 25.1 Å². The highest BCUT2D eigenvalue weighted by atomic mass is 35.5. The number of amides is 1. The van der Waals surface area contributed by atoms with Crippen LogP contribution in [-0.2, 0) is 4.74 Å². The maximum absolute atomic E-state index is 11.2. The zero-order chi connectivity index (χ0) is 12.1. The molecule has 0 spiro atoms. The smallest absolute Gasteiger partial charge is 0.411 e. The van der Waals surface area contributed by atoms with Crippen LogP contribution in [0.25, 0.3) is 0 Å². The van der Waals surface area contributed by atoms with Crippen molar-refractivity contribution in [3.8, 4) is 0 Å². The predicted octanol–water partition coefficient (Wildman–Crippen LogP) is 2.54. The Morgan fingerprint density at radius 3 is 2.88 bits per heavy atom. The van der Waals surface area contributed by atoms with Crippen molar-refractivity contribution >= 4 is 40.6 Å². The Labute approximate surface area is 104 Å². The molecule has 0 bridgehead atoms. The fraction of sp³-hybridized carbons (Fsp3) is 0.200. The van der Waals surface area contributed by atoms with Gasteiger partial charge in [-0.15, -0.1) is 0 Å². The summed E-state index contributed by atoms with van der Waals surface area (Å²) in [6.45, 7) is 2.00. The first-order valence-electron chi connectivity index (χ1n) is 4.57. The molecule has 0 aliphatic heterocycles. The van der Waals surface area contributed by atoms with E-state index >= 15 is 0 Å². The van der Waals surface area contributed by atoms with Gasteiger partial charge in [0.25, 0.3) is 0 Å². The van der Waals surface area contributed by atoms with Crippen LogP contribution in [0, 0.1) is 0 Å². The SMILES string of the molecule is CCOC(=O)Nc1cc(Cl)ccc1C(N)=S. The minimum Gasteiger partial charge on any atom is -0.450 e. The molecule has 86 valence electrons. The number of benzene rings is 1. The second kappa shape index (κ2) is 5.67. The first kappa shape index (κ1) is 12.7. The third-order valence-corrected chi connectivity index (χ3v) is 2.21. The summed E-state index contributed by atoms with van der Waals surface area (Å²) in [6, 6.07) is 4.85. The highest BCUT2D eigenvalue weighted by Gasteiger charge is 2.09. The van der Waals surface area contributed by atoms with Crippen LogP contribution in [0.3, 0.4) is 0 Å². The van der Waals surface area contributed by atoms with E-state index in [-0.39, 0.29) is 11.6 Å². The van der Waals surface area contributed by atoms with Crippen molar-refractivity contribution in [1.82, 2.24) is 0 Å². The van der Waals surface area contributed by atoms with Gasteiger partial charge >= 0.3 is 6.09 Å². The van der Waals surface area contributed by atoms with Crippen molar-refractivity contribution in [1.29, 1.82) is 0 Å². The molecule has 1 aromatic rings. The summed E-state index contributed by atoms with van der Waals surface area (Å²) in [5, 5.41) is 3.00. The van der Waals surface area contributed by atoms with E-state index < -0.39 is 6.09 Å². The topological polar surface area (TPSA) is 64.3 Å². The van der Waals surface area contributed by atoms with E-state index in [2.05, 4.69) is 5.32 Å². The number of thiocarbonyl (C=S) groups is 1.